The van der Waals surface area contributed by atoms with Crippen LogP contribution in [0.15, 0.2) is 36.8 Å². The molecule has 80 valence electrons. The van der Waals surface area contributed by atoms with Crippen LogP contribution in [0.4, 0.5) is 4.39 Å². The predicted octanol–water partition coefficient (Wildman–Crippen LogP) is 1.98. The zero-order chi connectivity index (χ0) is 11.5. The van der Waals surface area contributed by atoms with Crippen LogP contribution in [0.25, 0.3) is 11.3 Å². The number of halogens is 1. The van der Waals surface area contributed by atoms with Crippen molar-refractivity contribution in [2.45, 2.75) is 0 Å². The summed E-state index contributed by atoms with van der Waals surface area (Å²) in [5, 5.41) is 8.94. The molecule has 2 aromatic rings. The summed E-state index contributed by atoms with van der Waals surface area (Å²) in [6.45, 7) is 0. The molecule has 0 radical (unpaired) electrons. The van der Waals surface area contributed by atoms with E-state index in [1.54, 1.807) is 0 Å². The Morgan fingerprint density at radius 1 is 1.31 bits per heavy atom. The van der Waals surface area contributed by atoms with Crippen LogP contribution in [-0.4, -0.2) is 21.0 Å². The molecule has 16 heavy (non-hydrogen) atoms. The largest absolute Gasteiger partial charge is 0.478 e. The summed E-state index contributed by atoms with van der Waals surface area (Å²) in [4.78, 5) is 18.7. The first-order valence-corrected chi connectivity index (χ1v) is 4.47. The van der Waals surface area contributed by atoms with Gasteiger partial charge in [-0.05, 0) is 18.2 Å². The molecule has 5 heteroatoms. The summed E-state index contributed by atoms with van der Waals surface area (Å²) in [7, 11) is 0. The highest BCUT2D eigenvalue weighted by Gasteiger charge is 2.13. The van der Waals surface area contributed by atoms with E-state index in [0.717, 1.165) is 6.07 Å². The zero-order valence-corrected chi connectivity index (χ0v) is 8.09. The molecule has 0 fully saturated rings. The lowest BCUT2D eigenvalue weighted by Gasteiger charge is -2.04. The number of benzene rings is 1. The van der Waals surface area contributed by atoms with E-state index in [0.29, 0.717) is 11.3 Å². The molecule has 2 rings (SSSR count). The summed E-state index contributed by atoms with van der Waals surface area (Å²) >= 11 is 0. The molecule has 0 aliphatic heterocycles. The highest BCUT2D eigenvalue weighted by Crippen LogP contribution is 2.21. The Balaban J connectivity index is 2.61. The lowest BCUT2D eigenvalue weighted by atomic mass is 10.0. The number of aromatic nitrogens is 2. The third-order valence-electron chi connectivity index (χ3n) is 2.05. The summed E-state index contributed by atoms with van der Waals surface area (Å²) in [5.74, 6) is -1.79. The highest BCUT2D eigenvalue weighted by molar-refractivity contribution is 5.95. The van der Waals surface area contributed by atoms with Gasteiger partial charge >= 0.3 is 5.97 Å². The van der Waals surface area contributed by atoms with E-state index in [4.69, 9.17) is 5.11 Å². The number of nitrogens with zero attached hydrogens (tertiary/aromatic N) is 2. The van der Waals surface area contributed by atoms with Gasteiger partial charge < -0.3 is 5.11 Å². The summed E-state index contributed by atoms with van der Waals surface area (Å²) in [6, 6.07) is 3.53. The Bertz CT molecular complexity index is 529. The van der Waals surface area contributed by atoms with Gasteiger partial charge in [0.05, 0.1) is 17.5 Å². The molecule has 1 aromatic carbocycles. The van der Waals surface area contributed by atoms with Crippen LogP contribution in [0.1, 0.15) is 10.4 Å². The van der Waals surface area contributed by atoms with E-state index in [2.05, 4.69) is 9.97 Å². The van der Waals surface area contributed by atoms with Crippen LogP contribution in [0, 0.1) is 5.82 Å². The zero-order valence-electron chi connectivity index (χ0n) is 8.09. The molecule has 0 spiro atoms. The van der Waals surface area contributed by atoms with E-state index >= 15 is 0 Å². The molecule has 0 saturated heterocycles. The normalized spacial score (nSPS) is 10.1. The average Bonchev–Trinajstić information content (AvgIpc) is 2.30. The minimum Gasteiger partial charge on any atom is -0.478 e. The monoisotopic (exact) mass is 218 g/mol. The van der Waals surface area contributed by atoms with Gasteiger partial charge in [-0.15, -0.1) is 0 Å². The van der Waals surface area contributed by atoms with Crippen molar-refractivity contribution in [1.29, 1.82) is 0 Å². The number of hydrogen-bond acceptors (Lipinski definition) is 3. The van der Waals surface area contributed by atoms with Crippen molar-refractivity contribution in [3.8, 4) is 11.3 Å². The maximum Gasteiger partial charge on any atom is 0.336 e. The number of aromatic carboxylic acids is 1. The van der Waals surface area contributed by atoms with Gasteiger partial charge in [-0.2, -0.15) is 0 Å². The second-order valence-corrected chi connectivity index (χ2v) is 3.09. The number of rotatable bonds is 2. The molecule has 1 heterocycles. The molecule has 1 N–H and O–H groups in total. The van der Waals surface area contributed by atoms with E-state index < -0.39 is 11.8 Å². The maximum absolute atomic E-state index is 12.9. The minimum absolute atomic E-state index is 0.125. The van der Waals surface area contributed by atoms with Crippen LogP contribution in [0.3, 0.4) is 0 Å². The van der Waals surface area contributed by atoms with E-state index in [9.17, 15) is 9.18 Å². The molecule has 0 atom stereocenters. The molecule has 0 saturated carbocycles. The SMILES string of the molecule is O=C(O)c1cc(F)ccc1-c1cnccn1. The molecule has 0 aliphatic rings. The third kappa shape index (κ3) is 1.88. The lowest BCUT2D eigenvalue weighted by Crippen LogP contribution is -2.01. The first-order valence-electron chi connectivity index (χ1n) is 4.47. The molecule has 4 nitrogen and oxygen atoms in total. The van der Waals surface area contributed by atoms with E-state index in [1.165, 1.54) is 30.7 Å². The number of carbonyl (C=O) groups is 1. The topological polar surface area (TPSA) is 63.1 Å². The second kappa shape index (κ2) is 4.06. The second-order valence-electron chi connectivity index (χ2n) is 3.09. The van der Waals surface area contributed by atoms with Crippen molar-refractivity contribution < 1.29 is 14.3 Å². The number of carboxylic acid groups (broad SMARTS) is 1. The van der Waals surface area contributed by atoms with Crippen LogP contribution in [0.5, 0.6) is 0 Å². The molecule has 0 bridgehead atoms. The first-order chi connectivity index (χ1) is 7.68. The van der Waals surface area contributed by atoms with Crippen molar-refractivity contribution >= 4 is 5.97 Å². The Morgan fingerprint density at radius 3 is 2.75 bits per heavy atom. The number of hydrogen-bond donors (Lipinski definition) is 1. The van der Waals surface area contributed by atoms with Crippen LogP contribution in [0.2, 0.25) is 0 Å². The van der Waals surface area contributed by atoms with Crippen molar-refractivity contribution in [2.75, 3.05) is 0 Å². The van der Waals surface area contributed by atoms with Crippen molar-refractivity contribution in [3.63, 3.8) is 0 Å². The maximum atomic E-state index is 12.9. The molecule has 0 unspecified atom stereocenters. The Kier molecular flexibility index (Phi) is 2.59. The average molecular weight is 218 g/mol. The fourth-order valence-corrected chi connectivity index (χ4v) is 1.35. The van der Waals surface area contributed by atoms with E-state index in [1.807, 2.05) is 0 Å². The minimum atomic E-state index is -1.19. The van der Waals surface area contributed by atoms with Crippen LogP contribution < -0.4 is 0 Å². The highest BCUT2D eigenvalue weighted by atomic mass is 19.1. The van der Waals surface area contributed by atoms with Gasteiger partial charge in [0.15, 0.2) is 0 Å². The van der Waals surface area contributed by atoms with E-state index in [-0.39, 0.29) is 5.56 Å². The lowest BCUT2D eigenvalue weighted by molar-refractivity contribution is 0.0697. The van der Waals surface area contributed by atoms with Crippen LogP contribution >= 0.6 is 0 Å². The Morgan fingerprint density at radius 2 is 2.12 bits per heavy atom. The molecule has 1 aromatic heterocycles. The predicted molar refractivity (Wildman–Crippen MR) is 54.4 cm³/mol. The quantitative estimate of drug-likeness (QED) is 0.837. The van der Waals surface area contributed by atoms with Crippen molar-refractivity contribution in [2.24, 2.45) is 0 Å². The van der Waals surface area contributed by atoms with Gasteiger partial charge in [0, 0.05) is 18.0 Å². The van der Waals surface area contributed by atoms with Crippen molar-refractivity contribution in [1.82, 2.24) is 9.97 Å². The first kappa shape index (κ1) is 10.2. The molecular formula is C11H7FN2O2. The van der Waals surface area contributed by atoms with Gasteiger partial charge in [0.1, 0.15) is 5.82 Å². The molecular weight excluding hydrogens is 211 g/mol. The summed E-state index contributed by atoms with van der Waals surface area (Å²) in [5.41, 5.74) is 0.627. The van der Waals surface area contributed by atoms with Gasteiger partial charge in [-0.25, -0.2) is 9.18 Å². The number of carboxylic acids is 1. The molecule has 0 amide bonds. The Labute approximate surface area is 90.4 Å². The van der Waals surface area contributed by atoms with Crippen molar-refractivity contribution in [3.05, 3.63) is 48.2 Å². The standard InChI is InChI=1S/C11H7FN2O2/c12-7-1-2-8(9(5-7)11(15)16)10-6-13-3-4-14-10/h1-6H,(H,15,16). The van der Waals surface area contributed by atoms with Gasteiger partial charge in [0.2, 0.25) is 0 Å². The Hall–Kier alpha value is -2.30. The van der Waals surface area contributed by atoms with Crippen LogP contribution in [-0.2, 0) is 0 Å². The molecule has 0 aliphatic carbocycles. The summed E-state index contributed by atoms with van der Waals surface area (Å²) in [6.07, 6.45) is 4.36. The smallest absolute Gasteiger partial charge is 0.336 e. The van der Waals surface area contributed by atoms with Gasteiger partial charge in [0.25, 0.3) is 0 Å². The van der Waals surface area contributed by atoms with Gasteiger partial charge in [-0.3, -0.25) is 9.97 Å². The fourth-order valence-electron chi connectivity index (χ4n) is 1.35. The van der Waals surface area contributed by atoms with Gasteiger partial charge in [-0.1, -0.05) is 0 Å². The fraction of sp³-hybridized carbons (Fsp3) is 0. The summed E-state index contributed by atoms with van der Waals surface area (Å²) < 4.78 is 12.9. The third-order valence-corrected chi connectivity index (χ3v) is 2.05.